The molecule has 0 aliphatic rings. The Bertz CT molecular complexity index is 340. The number of hydrogen-bond donors (Lipinski definition) is 1. The third kappa shape index (κ3) is 1.81. The third-order valence-electron chi connectivity index (χ3n) is 1.44. The zero-order chi connectivity index (χ0) is 9.84. The van der Waals surface area contributed by atoms with Gasteiger partial charge in [-0.3, -0.25) is 4.79 Å². The van der Waals surface area contributed by atoms with E-state index in [0.29, 0.717) is 6.29 Å². The Labute approximate surface area is 73.1 Å². The summed E-state index contributed by atoms with van der Waals surface area (Å²) in [6.45, 7) is 0. The monoisotopic (exact) mass is 183 g/mol. The van der Waals surface area contributed by atoms with Crippen molar-refractivity contribution in [1.82, 2.24) is 0 Å². The number of aldehydes is 1. The van der Waals surface area contributed by atoms with Crippen LogP contribution in [0.4, 0.5) is 15.0 Å². The highest BCUT2D eigenvalue weighted by Crippen LogP contribution is 2.18. The Morgan fingerprint density at radius 1 is 1.46 bits per heavy atom. The van der Waals surface area contributed by atoms with Crippen LogP contribution in [0.3, 0.4) is 0 Å². The van der Waals surface area contributed by atoms with Gasteiger partial charge in [-0.25, -0.2) is 4.79 Å². The van der Waals surface area contributed by atoms with Crippen molar-refractivity contribution in [3.8, 4) is 0 Å². The molecule has 1 amide bonds. The molecule has 1 aromatic rings. The number of para-hydroxylation sites is 1. The van der Waals surface area contributed by atoms with Gasteiger partial charge in [0.05, 0.1) is 5.69 Å². The van der Waals surface area contributed by atoms with Gasteiger partial charge in [0.2, 0.25) is 0 Å². The van der Waals surface area contributed by atoms with E-state index in [2.05, 4.69) is 0 Å². The number of amides is 1. The zero-order valence-electron chi connectivity index (χ0n) is 6.48. The van der Waals surface area contributed by atoms with Crippen LogP contribution in [0.2, 0.25) is 0 Å². The fourth-order valence-electron chi connectivity index (χ4n) is 0.869. The molecule has 1 aromatic carbocycles. The van der Waals surface area contributed by atoms with Gasteiger partial charge < -0.3 is 5.11 Å². The molecular formula is C8H6FNO3. The van der Waals surface area contributed by atoms with Crippen molar-refractivity contribution < 1.29 is 19.2 Å². The molecule has 0 aromatic heterocycles. The number of anilines is 1. The number of benzene rings is 1. The molecule has 0 atom stereocenters. The summed E-state index contributed by atoms with van der Waals surface area (Å²) in [5.41, 5.74) is -0.280. The van der Waals surface area contributed by atoms with E-state index < -0.39 is 11.2 Å². The predicted octanol–water partition coefficient (Wildman–Crippen LogP) is 1.87. The van der Waals surface area contributed by atoms with Crippen molar-refractivity contribution in [3.05, 3.63) is 29.8 Å². The molecular weight excluding hydrogens is 177 g/mol. The number of nitrogens with zero attached hydrogens (tertiary/aromatic N) is 1. The number of carbonyl (C=O) groups excluding carboxylic acids is 1. The van der Waals surface area contributed by atoms with Gasteiger partial charge in [-0.05, 0) is 12.1 Å². The molecule has 0 heterocycles. The summed E-state index contributed by atoms with van der Waals surface area (Å²) in [6.07, 6.45) is -1.36. The zero-order valence-corrected chi connectivity index (χ0v) is 6.48. The van der Waals surface area contributed by atoms with Gasteiger partial charge in [-0.15, -0.1) is 5.12 Å². The standard InChI is InChI=1S/C8H6FNO3/c9-10(8(12)13)7-4-2-1-3-6(7)5-11/h1-5H,(H,12,13). The minimum Gasteiger partial charge on any atom is -0.463 e. The van der Waals surface area contributed by atoms with Crippen LogP contribution in [0.5, 0.6) is 0 Å². The lowest BCUT2D eigenvalue weighted by molar-refractivity contribution is 0.112. The van der Waals surface area contributed by atoms with Crippen LogP contribution in [0, 0.1) is 0 Å². The average Bonchev–Trinajstić information content (AvgIpc) is 2.16. The van der Waals surface area contributed by atoms with E-state index in [-0.39, 0.29) is 11.3 Å². The van der Waals surface area contributed by atoms with Crippen LogP contribution in [0.25, 0.3) is 0 Å². The topological polar surface area (TPSA) is 57.6 Å². The van der Waals surface area contributed by atoms with Gasteiger partial charge in [0.25, 0.3) is 0 Å². The summed E-state index contributed by atoms with van der Waals surface area (Å²) in [6, 6.07) is 5.50. The van der Waals surface area contributed by atoms with Gasteiger partial charge in [0, 0.05) is 5.56 Å². The van der Waals surface area contributed by atoms with Crippen LogP contribution in [0.15, 0.2) is 24.3 Å². The van der Waals surface area contributed by atoms with Crippen molar-refractivity contribution in [2.45, 2.75) is 0 Å². The summed E-state index contributed by atoms with van der Waals surface area (Å²) in [5, 5.41) is 7.79. The first kappa shape index (κ1) is 9.18. The molecule has 1 rings (SSSR count). The van der Waals surface area contributed by atoms with Gasteiger partial charge in [0.1, 0.15) is 0 Å². The molecule has 0 radical (unpaired) electrons. The van der Waals surface area contributed by atoms with E-state index in [1.807, 2.05) is 0 Å². The molecule has 0 bridgehead atoms. The maximum atomic E-state index is 12.8. The molecule has 13 heavy (non-hydrogen) atoms. The predicted molar refractivity (Wildman–Crippen MR) is 43.4 cm³/mol. The van der Waals surface area contributed by atoms with Crippen LogP contribution >= 0.6 is 0 Å². The SMILES string of the molecule is O=Cc1ccccc1N(F)C(=O)O. The Balaban J connectivity index is 3.12. The minimum absolute atomic E-state index is 0.00704. The van der Waals surface area contributed by atoms with E-state index in [1.165, 1.54) is 24.3 Å². The molecule has 0 fully saturated rings. The maximum Gasteiger partial charge on any atom is 0.440 e. The molecule has 0 spiro atoms. The second-order valence-corrected chi connectivity index (χ2v) is 2.24. The molecule has 1 N–H and O–H groups in total. The average molecular weight is 183 g/mol. The smallest absolute Gasteiger partial charge is 0.440 e. The first-order valence-corrected chi connectivity index (χ1v) is 3.40. The summed E-state index contributed by atoms with van der Waals surface area (Å²) in [7, 11) is 0. The Kier molecular flexibility index (Phi) is 2.59. The Morgan fingerprint density at radius 3 is 2.62 bits per heavy atom. The van der Waals surface area contributed by atoms with Crippen molar-refractivity contribution in [2.24, 2.45) is 0 Å². The van der Waals surface area contributed by atoms with Gasteiger partial charge >= 0.3 is 6.09 Å². The van der Waals surface area contributed by atoms with Gasteiger partial charge in [-0.1, -0.05) is 16.6 Å². The second-order valence-electron chi connectivity index (χ2n) is 2.24. The fraction of sp³-hybridized carbons (Fsp3) is 0. The van der Waals surface area contributed by atoms with Gasteiger partial charge in [0.15, 0.2) is 6.29 Å². The molecule has 0 saturated heterocycles. The highest BCUT2D eigenvalue weighted by Gasteiger charge is 2.16. The van der Waals surface area contributed by atoms with Crippen molar-refractivity contribution in [2.75, 3.05) is 5.12 Å². The second kappa shape index (κ2) is 3.66. The molecule has 0 unspecified atom stereocenters. The van der Waals surface area contributed by atoms with Crippen LogP contribution in [-0.4, -0.2) is 17.5 Å². The van der Waals surface area contributed by atoms with E-state index in [0.717, 1.165) is 0 Å². The first-order valence-electron chi connectivity index (χ1n) is 3.40. The van der Waals surface area contributed by atoms with Gasteiger partial charge in [-0.2, -0.15) is 0 Å². The molecule has 0 aliphatic heterocycles. The van der Waals surface area contributed by atoms with Crippen molar-refractivity contribution in [1.29, 1.82) is 0 Å². The fourth-order valence-corrected chi connectivity index (χ4v) is 0.869. The summed E-state index contributed by atoms with van der Waals surface area (Å²) in [5.74, 6) is 0. The summed E-state index contributed by atoms with van der Waals surface area (Å²) >= 11 is 0. The van der Waals surface area contributed by atoms with Crippen molar-refractivity contribution in [3.63, 3.8) is 0 Å². The van der Waals surface area contributed by atoms with Crippen LogP contribution in [0.1, 0.15) is 10.4 Å². The Hall–Kier alpha value is -1.91. The quantitative estimate of drug-likeness (QED) is 0.562. The Morgan fingerprint density at radius 2 is 2.08 bits per heavy atom. The molecule has 0 aliphatic carbocycles. The number of rotatable bonds is 2. The van der Waals surface area contributed by atoms with E-state index >= 15 is 0 Å². The van der Waals surface area contributed by atoms with Crippen LogP contribution in [-0.2, 0) is 0 Å². The van der Waals surface area contributed by atoms with Crippen molar-refractivity contribution >= 4 is 18.1 Å². The van der Waals surface area contributed by atoms with E-state index in [4.69, 9.17) is 5.11 Å². The normalized spacial score (nSPS) is 9.31. The molecule has 5 heteroatoms. The number of halogens is 1. The lowest BCUT2D eigenvalue weighted by atomic mass is 10.2. The highest BCUT2D eigenvalue weighted by atomic mass is 19.2. The lowest BCUT2D eigenvalue weighted by Gasteiger charge is -2.08. The van der Waals surface area contributed by atoms with E-state index in [9.17, 15) is 14.1 Å². The maximum absolute atomic E-state index is 12.8. The molecule has 0 saturated carbocycles. The number of carbonyl (C=O) groups is 2. The highest BCUT2D eigenvalue weighted by molar-refractivity contribution is 5.92. The summed E-state index contributed by atoms with van der Waals surface area (Å²) < 4.78 is 12.8. The number of hydrogen-bond acceptors (Lipinski definition) is 2. The molecule has 68 valence electrons. The van der Waals surface area contributed by atoms with Crippen LogP contribution < -0.4 is 5.12 Å². The first-order chi connectivity index (χ1) is 6.16. The third-order valence-corrected chi connectivity index (χ3v) is 1.44. The molecule has 4 nitrogen and oxygen atoms in total. The number of carboxylic acid groups (broad SMARTS) is 1. The largest absolute Gasteiger partial charge is 0.463 e. The summed E-state index contributed by atoms with van der Waals surface area (Å²) in [4.78, 5) is 20.6. The minimum atomic E-state index is -1.76. The lowest BCUT2D eigenvalue weighted by Crippen LogP contribution is -2.20. The van der Waals surface area contributed by atoms with E-state index in [1.54, 1.807) is 0 Å².